The van der Waals surface area contributed by atoms with Crippen LogP contribution in [0.3, 0.4) is 0 Å². The van der Waals surface area contributed by atoms with Gasteiger partial charge in [-0.2, -0.15) is 0 Å². The summed E-state index contributed by atoms with van der Waals surface area (Å²) in [7, 11) is 4.77. The number of carbonyl (C=O) groups is 1. The maximum absolute atomic E-state index is 12.9. The van der Waals surface area contributed by atoms with Crippen LogP contribution < -0.4 is 14.2 Å². The third kappa shape index (κ3) is 4.86. The van der Waals surface area contributed by atoms with Crippen LogP contribution in [-0.2, 0) is 4.79 Å². The second-order valence-electron chi connectivity index (χ2n) is 7.98. The van der Waals surface area contributed by atoms with Crippen LogP contribution >= 0.6 is 0 Å². The van der Waals surface area contributed by atoms with Gasteiger partial charge in [-0.15, -0.1) is 0 Å². The van der Waals surface area contributed by atoms with Gasteiger partial charge >= 0.3 is 0 Å². The van der Waals surface area contributed by atoms with E-state index in [0.29, 0.717) is 22.8 Å². The second kappa shape index (κ2) is 9.13. The highest BCUT2D eigenvalue weighted by molar-refractivity contribution is 6.04. The summed E-state index contributed by atoms with van der Waals surface area (Å²) in [6, 6.07) is 3.79. The van der Waals surface area contributed by atoms with Gasteiger partial charge in [0.15, 0.2) is 17.3 Å². The summed E-state index contributed by atoms with van der Waals surface area (Å²) in [5, 5.41) is 0. The van der Waals surface area contributed by atoms with Gasteiger partial charge in [-0.3, -0.25) is 4.79 Å². The zero-order valence-corrected chi connectivity index (χ0v) is 17.9. The van der Waals surface area contributed by atoms with Gasteiger partial charge in [0.2, 0.25) is 5.75 Å². The number of methoxy groups -OCH3 is 3. The average molecular weight is 385 g/mol. The Morgan fingerprint density at radius 1 is 1.07 bits per heavy atom. The molecule has 0 amide bonds. The molecule has 0 saturated carbocycles. The van der Waals surface area contributed by atoms with Crippen LogP contribution in [0.4, 0.5) is 0 Å². The number of allylic oxidation sites excluding steroid dienone is 5. The highest BCUT2D eigenvalue weighted by atomic mass is 16.5. The molecule has 4 heteroatoms. The fourth-order valence-corrected chi connectivity index (χ4v) is 3.48. The number of rotatable bonds is 4. The summed E-state index contributed by atoms with van der Waals surface area (Å²) in [5.74, 6) is 1.49. The number of benzene rings is 1. The lowest BCUT2D eigenvalue weighted by Crippen LogP contribution is -2.12. The number of ether oxygens (including phenoxy) is 3. The van der Waals surface area contributed by atoms with Crippen LogP contribution in [0.2, 0.25) is 0 Å². The molecule has 0 aliphatic heterocycles. The smallest absolute Gasteiger partial charge is 0.203 e. The van der Waals surface area contributed by atoms with Crippen molar-refractivity contribution in [3.8, 4) is 17.2 Å². The summed E-state index contributed by atoms with van der Waals surface area (Å²) in [6.07, 6.45) is 8.47. The highest BCUT2D eigenvalue weighted by Crippen LogP contribution is 2.46. The number of hydrogen-bond acceptors (Lipinski definition) is 4. The van der Waals surface area contributed by atoms with Crippen molar-refractivity contribution in [3.63, 3.8) is 0 Å². The summed E-state index contributed by atoms with van der Waals surface area (Å²) in [6.45, 7) is 10.6. The Hall–Kier alpha value is -2.49. The monoisotopic (exact) mass is 384 g/mol. The fraction of sp³-hybridized carbons (Fsp3) is 0.458. The van der Waals surface area contributed by atoms with Crippen molar-refractivity contribution in [2.24, 2.45) is 5.41 Å². The topological polar surface area (TPSA) is 44.8 Å². The Bertz CT molecular complexity index is 799. The van der Waals surface area contributed by atoms with Crippen LogP contribution in [-0.4, -0.2) is 27.1 Å². The van der Waals surface area contributed by atoms with Crippen molar-refractivity contribution in [2.75, 3.05) is 21.3 Å². The molecular formula is C24H32O4. The molecule has 28 heavy (non-hydrogen) atoms. The molecule has 2 rings (SSSR count). The van der Waals surface area contributed by atoms with Gasteiger partial charge in [0.05, 0.1) is 21.3 Å². The maximum atomic E-state index is 12.9. The Labute approximate surface area is 168 Å². The van der Waals surface area contributed by atoms with Crippen molar-refractivity contribution in [3.05, 3.63) is 53.6 Å². The van der Waals surface area contributed by atoms with Gasteiger partial charge in [-0.05, 0) is 49.3 Å². The molecule has 0 aromatic heterocycles. The molecule has 0 saturated heterocycles. The van der Waals surface area contributed by atoms with Crippen molar-refractivity contribution in [1.82, 2.24) is 0 Å². The molecule has 0 heterocycles. The van der Waals surface area contributed by atoms with Crippen molar-refractivity contribution in [1.29, 1.82) is 0 Å². The molecular weight excluding hydrogens is 352 g/mol. The van der Waals surface area contributed by atoms with Gasteiger partial charge < -0.3 is 14.2 Å². The second-order valence-corrected chi connectivity index (χ2v) is 7.98. The standard InChI is InChI=1S/C24H32O4/c1-16-8-9-18(17(2)20(25)13-15-24(3,4)14-12-16)19-10-11-21(26-5)23(28-7)22(19)27-6/h10-13,15,18H,2,8-9,14H2,1,3-7H3/b15-13+,16-12+. The average Bonchev–Trinajstić information content (AvgIpc) is 2.70. The van der Waals surface area contributed by atoms with E-state index < -0.39 is 0 Å². The predicted octanol–water partition coefficient (Wildman–Crippen LogP) is 5.63. The van der Waals surface area contributed by atoms with Crippen LogP contribution in [0.25, 0.3) is 0 Å². The summed E-state index contributed by atoms with van der Waals surface area (Å²) in [5.41, 5.74) is 2.69. The Morgan fingerprint density at radius 2 is 1.75 bits per heavy atom. The molecule has 1 aromatic rings. The Morgan fingerprint density at radius 3 is 2.36 bits per heavy atom. The van der Waals surface area contributed by atoms with Crippen molar-refractivity contribution < 1.29 is 19.0 Å². The lowest BCUT2D eigenvalue weighted by atomic mass is 9.84. The van der Waals surface area contributed by atoms with E-state index in [1.165, 1.54) is 5.57 Å². The molecule has 0 fully saturated rings. The van der Waals surface area contributed by atoms with E-state index in [9.17, 15) is 4.79 Å². The third-order valence-corrected chi connectivity index (χ3v) is 5.34. The molecule has 1 atom stereocenters. The minimum absolute atomic E-state index is 0.0468. The molecule has 1 unspecified atom stereocenters. The molecule has 4 nitrogen and oxygen atoms in total. The SMILES string of the molecule is C=C1C(=O)/C=C/C(C)(C)C/C=C(\C)CCC1c1ccc(OC)c(OC)c1OC. The van der Waals surface area contributed by atoms with E-state index in [1.807, 2.05) is 18.2 Å². The van der Waals surface area contributed by atoms with Crippen molar-refractivity contribution in [2.45, 2.75) is 46.0 Å². The van der Waals surface area contributed by atoms with Crippen LogP contribution in [0.1, 0.15) is 51.5 Å². The molecule has 1 aromatic carbocycles. The quantitative estimate of drug-likeness (QED) is 0.498. The highest BCUT2D eigenvalue weighted by Gasteiger charge is 2.27. The fourth-order valence-electron chi connectivity index (χ4n) is 3.48. The Balaban J connectivity index is 2.56. The summed E-state index contributed by atoms with van der Waals surface area (Å²) in [4.78, 5) is 12.9. The first-order valence-electron chi connectivity index (χ1n) is 9.61. The van der Waals surface area contributed by atoms with Gasteiger partial charge in [0.1, 0.15) is 0 Å². The Kier molecular flexibility index (Phi) is 7.11. The minimum Gasteiger partial charge on any atom is -0.493 e. The molecule has 152 valence electrons. The molecule has 1 aliphatic carbocycles. The predicted molar refractivity (Wildman–Crippen MR) is 114 cm³/mol. The first-order valence-corrected chi connectivity index (χ1v) is 9.61. The lowest BCUT2D eigenvalue weighted by Gasteiger charge is -2.23. The number of ketones is 1. The normalized spacial score (nSPS) is 23.2. The third-order valence-electron chi connectivity index (χ3n) is 5.34. The maximum Gasteiger partial charge on any atom is 0.203 e. The van der Waals surface area contributed by atoms with E-state index in [0.717, 1.165) is 24.8 Å². The van der Waals surface area contributed by atoms with Crippen LogP contribution in [0.5, 0.6) is 17.2 Å². The largest absolute Gasteiger partial charge is 0.493 e. The zero-order chi connectivity index (χ0) is 20.9. The minimum atomic E-state index is -0.170. The summed E-state index contributed by atoms with van der Waals surface area (Å²) < 4.78 is 16.6. The molecule has 1 aliphatic rings. The molecule has 0 N–H and O–H groups in total. The molecule has 0 radical (unpaired) electrons. The number of carbonyl (C=O) groups excluding carboxylic acids is 1. The summed E-state index contributed by atoms with van der Waals surface area (Å²) >= 11 is 0. The van der Waals surface area contributed by atoms with Gasteiger partial charge in [0.25, 0.3) is 0 Å². The van der Waals surface area contributed by atoms with Gasteiger partial charge in [0, 0.05) is 11.5 Å². The molecule has 0 bridgehead atoms. The van der Waals surface area contributed by atoms with E-state index in [1.54, 1.807) is 27.4 Å². The van der Waals surface area contributed by atoms with Gasteiger partial charge in [-0.25, -0.2) is 0 Å². The van der Waals surface area contributed by atoms with E-state index in [2.05, 4.69) is 33.4 Å². The van der Waals surface area contributed by atoms with E-state index in [4.69, 9.17) is 14.2 Å². The lowest BCUT2D eigenvalue weighted by molar-refractivity contribution is -0.111. The molecule has 0 spiro atoms. The van der Waals surface area contributed by atoms with E-state index in [-0.39, 0.29) is 17.1 Å². The number of hydrogen-bond donors (Lipinski definition) is 0. The first kappa shape index (κ1) is 21.8. The van der Waals surface area contributed by atoms with E-state index >= 15 is 0 Å². The van der Waals surface area contributed by atoms with Crippen LogP contribution in [0.15, 0.2) is 48.1 Å². The first-order chi connectivity index (χ1) is 13.2. The van der Waals surface area contributed by atoms with Crippen molar-refractivity contribution >= 4 is 5.78 Å². The van der Waals surface area contributed by atoms with Gasteiger partial charge in [-0.1, -0.05) is 44.2 Å². The van der Waals surface area contributed by atoms with Crippen LogP contribution in [0, 0.1) is 5.41 Å². The zero-order valence-electron chi connectivity index (χ0n) is 17.9.